The van der Waals surface area contributed by atoms with Crippen molar-refractivity contribution in [3.05, 3.63) is 30.1 Å². The Morgan fingerprint density at radius 1 is 1.42 bits per heavy atom. The van der Waals surface area contributed by atoms with Gasteiger partial charge in [0, 0.05) is 18.4 Å². The van der Waals surface area contributed by atoms with Crippen molar-refractivity contribution in [1.82, 2.24) is 9.88 Å². The molecule has 0 amide bonds. The van der Waals surface area contributed by atoms with Gasteiger partial charge in [-0.3, -0.25) is 14.7 Å². The molecule has 1 fully saturated rings. The zero-order valence-electron chi connectivity index (χ0n) is 11.5. The molecular weight excluding hydrogens is 240 g/mol. The molecule has 0 bridgehead atoms. The second kappa shape index (κ2) is 7.24. The van der Waals surface area contributed by atoms with Crippen LogP contribution in [0.25, 0.3) is 0 Å². The Morgan fingerprint density at radius 2 is 2.21 bits per heavy atom. The number of piperidine rings is 1. The van der Waals surface area contributed by atoms with Crippen molar-refractivity contribution in [2.24, 2.45) is 0 Å². The van der Waals surface area contributed by atoms with Gasteiger partial charge in [0.1, 0.15) is 0 Å². The topological polar surface area (TPSA) is 42.4 Å². The maximum atomic E-state index is 11.8. The average molecular weight is 262 g/mol. The molecule has 1 aromatic rings. The van der Waals surface area contributed by atoms with Crippen LogP contribution in [0.5, 0.6) is 0 Å². The molecule has 0 radical (unpaired) electrons. The van der Waals surface area contributed by atoms with Gasteiger partial charge >= 0.3 is 5.97 Å². The Morgan fingerprint density at radius 3 is 2.84 bits per heavy atom. The number of carbonyl (C=O) groups is 1. The van der Waals surface area contributed by atoms with Crippen molar-refractivity contribution >= 4 is 5.97 Å². The number of carbonyl (C=O) groups excluding carboxylic acids is 1. The van der Waals surface area contributed by atoms with Gasteiger partial charge in [-0.25, -0.2) is 0 Å². The number of nitrogens with zero attached hydrogens (tertiary/aromatic N) is 2. The van der Waals surface area contributed by atoms with E-state index in [0.717, 1.165) is 18.7 Å². The lowest BCUT2D eigenvalue weighted by molar-refractivity contribution is -0.144. The van der Waals surface area contributed by atoms with Gasteiger partial charge < -0.3 is 4.74 Å². The molecule has 19 heavy (non-hydrogen) atoms. The van der Waals surface area contributed by atoms with Crippen molar-refractivity contribution in [1.29, 1.82) is 0 Å². The number of hydrogen-bond donors (Lipinski definition) is 0. The Bertz CT molecular complexity index is 388. The van der Waals surface area contributed by atoms with Gasteiger partial charge in [-0.2, -0.15) is 0 Å². The van der Waals surface area contributed by atoms with Gasteiger partial charge in [0.05, 0.1) is 13.0 Å². The normalized spacial score (nSPS) is 17.9. The van der Waals surface area contributed by atoms with E-state index in [-0.39, 0.29) is 12.0 Å². The van der Waals surface area contributed by atoms with Crippen molar-refractivity contribution in [3.63, 3.8) is 0 Å². The predicted octanol–water partition coefficient (Wildman–Crippen LogP) is 2.56. The van der Waals surface area contributed by atoms with Crippen molar-refractivity contribution in [2.45, 2.75) is 38.6 Å². The second-order valence-electron chi connectivity index (χ2n) is 4.91. The smallest absolute Gasteiger partial charge is 0.307 e. The monoisotopic (exact) mass is 262 g/mol. The van der Waals surface area contributed by atoms with E-state index < -0.39 is 0 Å². The van der Waals surface area contributed by atoms with Crippen molar-refractivity contribution in [3.8, 4) is 0 Å². The summed E-state index contributed by atoms with van der Waals surface area (Å²) in [5, 5.41) is 0. The van der Waals surface area contributed by atoms with Crippen LogP contribution < -0.4 is 0 Å². The molecule has 1 saturated heterocycles. The standard InChI is InChI=1S/C15H22N2O2/c1-2-19-15(18)11-14(13-7-6-8-16-12-13)17-9-4-3-5-10-17/h6-8,12,14H,2-5,9-11H2,1H3. The molecule has 0 aromatic carbocycles. The first-order valence-corrected chi connectivity index (χ1v) is 7.11. The highest BCUT2D eigenvalue weighted by molar-refractivity contribution is 5.70. The number of hydrogen-bond acceptors (Lipinski definition) is 4. The Hall–Kier alpha value is -1.42. The summed E-state index contributed by atoms with van der Waals surface area (Å²) in [4.78, 5) is 18.4. The highest BCUT2D eigenvalue weighted by Gasteiger charge is 2.25. The molecule has 4 heteroatoms. The molecule has 104 valence electrons. The van der Waals surface area contributed by atoms with Crippen LogP contribution in [-0.2, 0) is 9.53 Å². The molecule has 1 aromatic heterocycles. The summed E-state index contributed by atoms with van der Waals surface area (Å²) < 4.78 is 5.10. The number of ether oxygens (including phenoxy) is 1. The lowest BCUT2D eigenvalue weighted by atomic mass is 10.0. The molecule has 0 N–H and O–H groups in total. The fourth-order valence-corrected chi connectivity index (χ4v) is 2.64. The van der Waals surface area contributed by atoms with Gasteiger partial charge in [0.15, 0.2) is 0 Å². The zero-order chi connectivity index (χ0) is 13.5. The van der Waals surface area contributed by atoms with E-state index in [2.05, 4.69) is 9.88 Å². The van der Waals surface area contributed by atoms with E-state index in [1.165, 1.54) is 19.3 Å². The summed E-state index contributed by atoms with van der Waals surface area (Å²) in [5.41, 5.74) is 1.11. The minimum atomic E-state index is -0.123. The van der Waals surface area contributed by atoms with E-state index in [4.69, 9.17) is 4.74 Å². The molecule has 2 heterocycles. The second-order valence-corrected chi connectivity index (χ2v) is 4.91. The van der Waals surface area contributed by atoms with E-state index >= 15 is 0 Å². The minimum absolute atomic E-state index is 0.105. The molecule has 0 saturated carbocycles. The largest absolute Gasteiger partial charge is 0.466 e. The van der Waals surface area contributed by atoms with Crippen molar-refractivity contribution < 1.29 is 9.53 Å². The van der Waals surface area contributed by atoms with Gasteiger partial charge in [0.2, 0.25) is 0 Å². The molecule has 0 spiro atoms. The lowest BCUT2D eigenvalue weighted by Gasteiger charge is -2.34. The maximum absolute atomic E-state index is 11.8. The molecule has 4 nitrogen and oxygen atoms in total. The summed E-state index contributed by atoms with van der Waals surface area (Å²) >= 11 is 0. The van der Waals surface area contributed by atoms with Crippen LogP contribution >= 0.6 is 0 Å². The molecule has 1 unspecified atom stereocenters. The third kappa shape index (κ3) is 4.03. The highest BCUT2D eigenvalue weighted by Crippen LogP contribution is 2.27. The van der Waals surface area contributed by atoms with Crippen LogP contribution in [-0.4, -0.2) is 35.5 Å². The first kappa shape index (κ1) is 14.0. The third-order valence-corrected chi connectivity index (χ3v) is 3.57. The predicted molar refractivity (Wildman–Crippen MR) is 73.7 cm³/mol. The minimum Gasteiger partial charge on any atom is -0.466 e. The van der Waals surface area contributed by atoms with Gasteiger partial charge in [0.25, 0.3) is 0 Å². The summed E-state index contributed by atoms with van der Waals surface area (Å²) in [7, 11) is 0. The molecule has 1 aliphatic heterocycles. The average Bonchev–Trinajstić information content (AvgIpc) is 2.47. The number of aromatic nitrogens is 1. The van der Waals surface area contributed by atoms with E-state index in [9.17, 15) is 4.79 Å². The van der Waals surface area contributed by atoms with Crippen molar-refractivity contribution in [2.75, 3.05) is 19.7 Å². The Labute approximate surface area is 114 Å². The summed E-state index contributed by atoms with van der Waals surface area (Å²) in [6, 6.07) is 4.08. The fraction of sp³-hybridized carbons (Fsp3) is 0.600. The molecule has 2 rings (SSSR count). The van der Waals surface area contributed by atoms with E-state index in [1.54, 1.807) is 6.20 Å². The number of esters is 1. The zero-order valence-corrected chi connectivity index (χ0v) is 11.5. The van der Waals surface area contributed by atoms with Crippen LogP contribution in [0.2, 0.25) is 0 Å². The molecule has 1 atom stereocenters. The quantitative estimate of drug-likeness (QED) is 0.765. The van der Waals surface area contributed by atoms with E-state index in [1.807, 2.05) is 25.3 Å². The maximum Gasteiger partial charge on any atom is 0.307 e. The van der Waals surface area contributed by atoms with Crippen LogP contribution in [0, 0.1) is 0 Å². The summed E-state index contributed by atoms with van der Waals surface area (Å²) in [5.74, 6) is -0.123. The third-order valence-electron chi connectivity index (χ3n) is 3.57. The molecular formula is C15H22N2O2. The summed E-state index contributed by atoms with van der Waals surface area (Å²) in [6.07, 6.45) is 7.74. The lowest BCUT2D eigenvalue weighted by Crippen LogP contribution is -2.35. The fourth-order valence-electron chi connectivity index (χ4n) is 2.64. The van der Waals surface area contributed by atoms with Crippen LogP contribution in [0.1, 0.15) is 44.2 Å². The van der Waals surface area contributed by atoms with Crippen LogP contribution in [0.3, 0.4) is 0 Å². The number of pyridine rings is 1. The molecule has 1 aliphatic rings. The van der Waals surface area contributed by atoms with E-state index in [0.29, 0.717) is 13.0 Å². The first-order chi connectivity index (χ1) is 9.31. The first-order valence-electron chi connectivity index (χ1n) is 7.11. The summed E-state index contributed by atoms with van der Waals surface area (Å²) in [6.45, 7) is 4.40. The van der Waals surface area contributed by atoms with Gasteiger partial charge in [-0.05, 0) is 44.5 Å². The number of likely N-dealkylation sites (tertiary alicyclic amines) is 1. The van der Waals surface area contributed by atoms with Gasteiger partial charge in [-0.1, -0.05) is 12.5 Å². The Kier molecular flexibility index (Phi) is 5.33. The Balaban J connectivity index is 2.10. The number of rotatable bonds is 5. The SMILES string of the molecule is CCOC(=O)CC(c1cccnc1)N1CCCCC1. The highest BCUT2D eigenvalue weighted by atomic mass is 16.5. The molecule has 0 aliphatic carbocycles. The van der Waals surface area contributed by atoms with Gasteiger partial charge in [-0.15, -0.1) is 0 Å². The van der Waals surface area contributed by atoms with Crippen LogP contribution in [0.4, 0.5) is 0 Å². The van der Waals surface area contributed by atoms with Crippen LogP contribution in [0.15, 0.2) is 24.5 Å².